The van der Waals surface area contributed by atoms with Gasteiger partial charge in [0, 0.05) is 19.4 Å². The van der Waals surface area contributed by atoms with Gasteiger partial charge in [0.2, 0.25) is 0 Å². The lowest BCUT2D eigenvalue weighted by Crippen LogP contribution is -2.03. The molecule has 0 bridgehead atoms. The molecule has 5 nitrogen and oxygen atoms in total. The zero-order valence-electron chi connectivity index (χ0n) is 7.39. The molecule has 0 spiro atoms. The van der Waals surface area contributed by atoms with E-state index in [2.05, 4.69) is 9.35 Å². The van der Waals surface area contributed by atoms with Crippen LogP contribution in [-0.4, -0.2) is 27.6 Å². The topological polar surface area (TPSA) is 88.6 Å². The monoisotopic (exact) mass is 201 g/mol. The molecule has 1 rings (SSSR count). The molecule has 0 amide bonds. The van der Waals surface area contributed by atoms with Crippen molar-refractivity contribution in [3.05, 3.63) is 12.3 Å². The molecular weight excluding hydrogens is 190 g/mol. The number of nitrogen functional groups attached to an aromatic ring is 1. The number of hydrogen-bond acceptors (Lipinski definition) is 5. The van der Waals surface area contributed by atoms with E-state index < -0.39 is 9.73 Å². The molecule has 1 aromatic heterocycles. The van der Waals surface area contributed by atoms with E-state index in [-0.39, 0.29) is 16.5 Å². The molecule has 0 aromatic carbocycles. The fraction of sp³-hybridized carbons (Fsp3) is 0.286. The average molecular weight is 201 g/mol. The Morgan fingerprint density at radius 3 is 2.85 bits per heavy atom. The number of anilines is 1. The zero-order valence-corrected chi connectivity index (χ0v) is 8.21. The lowest BCUT2D eigenvalue weighted by molar-refractivity contribution is 0.471. The third-order valence-corrected chi connectivity index (χ3v) is 3.46. The minimum absolute atomic E-state index is 0.0672. The summed E-state index contributed by atoms with van der Waals surface area (Å²) in [4.78, 5) is 3.95. The third-order valence-electron chi connectivity index (χ3n) is 1.62. The Morgan fingerprint density at radius 1 is 1.69 bits per heavy atom. The highest BCUT2D eigenvalue weighted by molar-refractivity contribution is 7.93. The van der Waals surface area contributed by atoms with Gasteiger partial charge < -0.3 is 10.8 Å². The van der Waals surface area contributed by atoms with Crippen LogP contribution >= 0.6 is 0 Å². The van der Waals surface area contributed by atoms with Crippen LogP contribution in [0.4, 0.5) is 5.82 Å². The van der Waals surface area contributed by atoms with Gasteiger partial charge in [0.25, 0.3) is 0 Å². The van der Waals surface area contributed by atoms with Crippen LogP contribution in [0.2, 0.25) is 0 Å². The molecular formula is C7H11N3O2S. The first-order valence-electron chi connectivity index (χ1n) is 3.52. The summed E-state index contributed by atoms with van der Waals surface area (Å²) in [5.41, 5.74) is 5.49. The van der Waals surface area contributed by atoms with Gasteiger partial charge in [-0.3, -0.25) is 0 Å². The van der Waals surface area contributed by atoms with E-state index in [9.17, 15) is 4.21 Å². The minimum atomic E-state index is -2.52. The molecule has 0 fully saturated rings. The number of aromatic hydroxyl groups is 1. The van der Waals surface area contributed by atoms with E-state index in [1.807, 2.05) is 0 Å². The predicted octanol–water partition coefficient (Wildman–Crippen LogP) is 0.456. The van der Waals surface area contributed by atoms with Crippen molar-refractivity contribution in [1.82, 2.24) is 4.98 Å². The summed E-state index contributed by atoms with van der Waals surface area (Å²) < 4.78 is 15.4. The molecule has 3 N–H and O–H groups in total. The number of nitrogens with two attached hydrogens (primary N) is 1. The van der Waals surface area contributed by atoms with Crippen LogP contribution in [0.1, 0.15) is 0 Å². The lowest BCUT2D eigenvalue weighted by atomic mass is 10.4. The first-order chi connectivity index (χ1) is 5.97. The maximum absolute atomic E-state index is 11.7. The summed E-state index contributed by atoms with van der Waals surface area (Å²) in [6, 6.07) is 1.32. The molecule has 72 valence electrons. The van der Waals surface area contributed by atoms with E-state index in [1.54, 1.807) is 0 Å². The van der Waals surface area contributed by atoms with Crippen LogP contribution in [0, 0.1) is 0 Å². The molecule has 6 heteroatoms. The second-order valence-electron chi connectivity index (χ2n) is 2.56. The summed E-state index contributed by atoms with van der Waals surface area (Å²) in [7, 11) is -1.09. The second-order valence-corrected chi connectivity index (χ2v) is 4.97. The van der Waals surface area contributed by atoms with Crippen molar-refractivity contribution in [3.63, 3.8) is 0 Å². The van der Waals surface area contributed by atoms with E-state index in [0.717, 1.165) is 0 Å². The van der Waals surface area contributed by atoms with Crippen molar-refractivity contribution < 1.29 is 9.32 Å². The molecule has 0 saturated carbocycles. The summed E-state index contributed by atoms with van der Waals surface area (Å²) in [5.74, 6) is 0.0679. The zero-order chi connectivity index (χ0) is 10.1. The Labute approximate surface area is 76.8 Å². The van der Waals surface area contributed by atoms with Crippen molar-refractivity contribution >= 4 is 15.5 Å². The fourth-order valence-electron chi connectivity index (χ4n) is 0.847. The standard InChI is InChI=1S/C7H11N3O2S/c1-9-13(2,12)6-3-5(11)4-10-7(6)8/h3-4,11H,1-2H3,(H2,8,10). The summed E-state index contributed by atoms with van der Waals surface area (Å²) in [6.07, 6.45) is 2.64. The molecule has 1 heterocycles. The van der Waals surface area contributed by atoms with Crippen LogP contribution in [0.15, 0.2) is 21.5 Å². The summed E-state index contributed by atoms with van der Waals surface area (Å²) in [6.45, 7) is 0. The quantitative estimate of drug-likeness (QED) is 0.690. The SMILES string of the molecule is CN=S(C)(=O)c1cc(O)cnc1N. The Hall–Kier alpha value is -1.30. The highest BCUT2D eigenvalue weighted by Crippen LogP contribution is 2.21. The second kappa shape index (κ2) is 3.21. The van der Waals surface area contributed by atoms with Crippen molar-refractivity contribution in [3.8, 4) is 5.75 Å². The first kappa shape index (κ1) is 9.79. The minimum Gasteiger partial charge on any atom is -0.506 e. The van der Waals surface area contributed by atoms with Gasteiger partial charge in [-0.1, -0.05) is 0 Å². The van der Waals surface area contributed by atoms with Crippen LogP contribution in [-0.2, 0) is 9.73 Å². The summed E-state index contributed by atoms with van der Waals surface area (Å²) >= 11 is 0. The van der Waals surface area contributed by atoms with E-state index >= 15 is 0 Å². The van der Waals surface area contributed by atoms with Gasteiger partial charge in [-0.15, -0.1) is 0 Å². The lowest BCUT2D eigenvalue weighted by Gasteiger charge is -2.05. The molecule has 1 aromatic rings. The first-order valence-corrected chi connectivity index (χ1v) is 5.44. The van der Waals surface area contributed by atoms with Crippen molar-refractivity contribution in [2.24, 2.45) is 4.36 Å². The predicted molar refractivity (Wildman–Crippen MR) is 51.0 cm³/mol. The maximum atomic E-state index is 11.7. The van der Waals surface area contributed by atoms with Gasteiger partial charge in [-0.25, -0.2) is 13.6 Å². The largest absolute Gasteiger partial charge is 0.506 e. The fourth-order valence-corrected chi connectivity index (χ4v) is 1.82. The molecule has 0 radical (unpaired) electrons. The number of rotatable bonds is 1. The number of hydrogen-bond donors (Lipinski definition) is 2. The van der Waals surface area contributed by atoms with Gasteiger partial charge in [0.05, 0.1) is 20.8 Å². The van der Waals surface area contributed by atoms with Gasteiger partial charge in [0.15, 0.2) is 0 Å². The smallest absolute Gasteiger partial charge is 0.140 e. The Morgan fingerprint density at radius 2 is 2.31 bits per heavy atom. The maximum Gasteiger partial charge on any atom is 0.140 e. The Balaban J connectivity index is 3.47. The molecule has 0 aliphatic heterocycles. The van der Waals surface area contributed by atoms with E-state index in [0.29, 0.717) is 0 Å². The van der Waals surface area contributed by atoms with Gasteiger partial charge in [-0.2, -0.15) is 0 Å². The highest BCUT2D eigenvalue weighted by atomic mass is 32.2. The van der Waals surface area contributed by atoms with Crippen molar-refractivity contribution in [1.29, 1.82) is 0 Å². The third kappa shape index (κ3) is 1.89. The van der Waals surface area contributed by atoms with Gasteiger partial charge >= 0.3 is 0 Å². The number of aromatic nitrogens is 1. The molecule has 0 aliphatic rings. The molecule has 1 atom stereocenters. The van der Waals surface area contributed by atoms with E-state index in [1.165, 1.54) is 25.6 Å². The van der Waals surface area contributed by atoms with Crippen molar-refractivity contribution in [2.45, 2.75) is 4.90 Å². The normalized spacial score (nSPS) is 14.9. The van der Waals surface area contributed by atoms with Gasteiger partial charge in [0.1, 0.15) is 11.6 Å². The number of pyridine rings is 1. The van der Waals surface area contributed by atoms with Crippen molar-refractivity contribution in [2.75, 3.05) is 19.0 Å². The van der Waals surface area contributed by atoms with Crippen LogP contribution in [0.25, 0.3) is 0 Å². The summed E-state index contributed by atoms with van der Waals surface area (Å²) in [5, 5.41) is 9.11. The molecule has 13 heavy (non-hydrogen) atoms. The Kier molecular flexibility index (Phi) is 2.42. The van der Waals surface area contributed by atoms with Crippen LogP contribution in [0.5, 0.6) is 5.75 Å². The van der Waals surface area contributed by atoms with Gasteiger partial charge in [-0.05, 0) is 0 Å². The van der Waals surface area contributed by atoms with Crippen LogP contribution in [0.3, 0.4) is 0 Å². The average Bonchev–Trinajstić information content (AvgIpc) is 2.09. The van der Waals surface area contributed by atoms with E-state index in [4.69, 9.17) is 10.8 Å². The Bertz CT molecular complexity index is 435. The molecule has 1 unspecified atom stereocenters. The highest BCUT2D eigenvalue weighted by Gasteiger charge is 2.10. The molecule has 0 saturated heterocycles. The number of nitrogens with zero attached hydrogens (tertiary/aromatic N) is 2. The van der Waals surface area contributed by atoms with Crippen LogP contribution < -0.4 is 5.73 Å². The molecule has 0 aliphatic carbocycles.